The Balaban J connectivity index is 1.97. The van der Waals surface area contributed by atoms with Crippen LogP contribution in [0.2, 0.25) is 0 Å². The summed E-state index contributed by atoms with van der Waals surface area (Å²) in [7, 11) is 0. The Kier molecular flexibility index (Phi) is 2.63. The molecule has 4 heteroatoms. The lowest BCUT2D eigenvalue weighted by molar-refractivity contribution is 0.686. The monoisotopic (exact) mass is 192 g/mol. The van der Waals surface area contributed by atoms with E-state index in [0.29, 0.717) is 12.1 Å². The molecule has 1 fully saturated rings. The molecule has 0 radical (unpaired) electrons. The van der Waals surface area contributed by atoms with Gasteiger partial charge < -0.3 is 11.1 Å². The van der Waals surface area contributed by atoms with Crippen molar-refractivity contribution < 1.29 is 0 Å². The molecule has 1 aliphatic rings. The molecule has 2 rings (SSSR count). The van der Waals surface area contributed by atoms with Crippen LogP contribution in [-0.2, 0) is 0 Å². The molecule has 0 aromatic carbocycles. The second-order valence-electron chi connectivity index (χ2n) is 3.90. The van der Waals surface area contributed by atoms with Crippen molar-refractivity contribution >= 4 is 5.82 Å². The molecule has 76 valence electrons. The molecular weight excluding hydrogens is 176 g/mol. The number of aromatic nitrogens is 2. The number of hydrogen-bond donors (Lipinski definition) is 2. The van der Waals surface area contributed by atoms with E-state index in [0.717, 1.165) is 30.9 Å². The van der Waals surface area contributed by atoms with Crippen molar-refractivity contribution in [2.24, 2.45) is 5.73 Å². The predicted molar refractivity (Wildman–Crippen MR) is 56.0 cm³/mol. The molecule has 0 spiro atoms. The Morgan fingerprint density at radius 2 is 2.36 bits per heavy atom. The second-order valence-corrected chi connectivity index (χ2v) is 3.90. The minimum Gasteiger partial charge on any atom is -0.367 e. The van der Waals surface area contributed by atoms with Crippen molar-refractivity contribution in [2.75, 3.05) is 5.32 Å². The summed E-state index contributed by atoms with van der Waals surface area (Å²) < 4.78 is 0. The van der Waals surface area contributed by atoms with Gasteiger partial charge in [0.25, 0.3) is 0 Å². The molecule has 0 aliphatic heterocycles. The van der Waals surface area contributed by atoms with Gasteiger partial charge >= 0.3 is 0 Å². The summed E-state index contributed by atoms with van der Waals surface area (Å²) in [6, 6.07) is 2.74. The maximum Gasteiger partial charge on any atom is 0.129 e. The van der Waals surface area contributed by atoms with Crippen LogP contribution in [0.1, 0.15) is 25.1 Å². The molecule has 1 aromatic rings. The Morgan fingerprint density at radius 1 is 1.50 bits per heavy atom. The lowest BCUT2D eigenvalue weighted by atomic mass is 10.2. The fraction of sp³-hybridized carbons (Fsp3) is 0.600. The van der Waals surface area contributed by atoms with E-state index in [1.165, 1.54) is 0 Å². The van der Waals surface area contributed by atoms with Crippen LogP contribution in [-0.4, -0.2) is 22.1 Å². The molecule has 2 unspecified atom stereocenters. The van der Waals surface area contributed by atoms with E-state index in [2.05, 4.69) is 15.3 Å². The largest absolute Gasteiger partial charge is 0.367 e. The van der Waals surface area contributed by atoms with Crippen molar-refractivity contribution in [3.8, 4) is 0 Å². The first-order chi connectivity index (χ1) is 6.74. The van der Waals surface area contributed by atoms with Gasteiger partial charge in [-0.25, -0.2) is 9.97 Å². The average Bonchev–Trinajstić information content (AvgIpc) is 2.51. The highest BCUT2D eigenvalue weighted by molar-refractivity contribution is 5.34. The third-order valence-corrected chi connectivity index (χ3v) is 2.60. The zero-order chi connectivity index (χ0) is 9.97. The molecular formula is C10H16N4. The molecule has 2 atom stereocenters. The Morgan fingerprint density at radius 3 is 3.00 bits per heavy atom. The summed E-state index contributed by atoms with van der Waals surface area (Å²) in [4.78, 5) is 8.35. The van der Waals surface area contributed by atoms with Gasteiger partial charge in [-0.3, -0.25) is 0 Å². The molecule has 4 nitrogen and oxygen atoms in total. The Hall–Kier alpha value is -1.16. The van der Waals surface area contributed by atoms with Gasteiger partial charge in [-0.2, -0.15) is 0 Å². The zero-order valence-corrected chi connectivity index (χ0v) is 8.40. The number of nitrogens with one attached hydrogen (secondary N) is 1. The molecule has 1 heterocycles. The topological polar surface area (TPSA) is 63.8 Å². The van der Waals surface area contributed by atoms with Crippen LogP contribution in [0.5, 0.6) is 0 Å². The quantitative estimate of drug-likeness (QED) is 0.736. The number of nitrogens with two attached hydrogens (primary N) is 1. The first-order valence-corrected chi connectivity index (χ1v) is 5.06. The van der Waals surface area contributed by atoms with Crippen LogP contribution in [0.15, 0.2) is 12.3 Å². The molecule has 1 aliphatic carbocycles. The maximum absolute atomic E-state index is 5.84. The first kappa shape index (κ1) is 9.40. The normalized spacial score (nSPS) is 26.4. The van der Waals surface area contributed by atoms with Crippen LogP contribution in [0.4, 0.5) is 5.82 Å². The molecule has 1 saturated carbocycles. The minimum absolute atomic E-state index is 0.357. The van der Waals surface area contributed by atoms with Gasteiger partial charge in [0.15, 0.2) is 0 Å². The van der Waals surface area contributed by atoms with Crippen molar-refractivity contribution in [1.82, 2.24) is 9.97 Å². The highest BCUT2D eigenvalue weighted by Gasteiger charge is 2.21. The summed E-state index contributed by atoms with van der Waals surface area (Å²) in [5, 5.41) is 3.38. The van der Waals surface area contributed by atoms with E-state index in [9.17, 15) is 0 Å². The molecule has 0 saturated heterocycles. The lowest BCUT2D eigenvalue weighted by Crippen LogP contribution is -2.21. The van der Waals surface area contributed by atoms with Crippen molar-refractivity contribution in [2.45, 2.75) is 38.3 Å². The molecule has 0 bridgehead atoms. The van der Waals surface area contributed by atoms with Gasteiger partial charge in [-0.15, -0.1) is 0 Å². The van der Waals surface area contributed by atoms with Crippen molar-refractivity contribution in [3.63, 3.8) is 0 Å². The SMILES string of the molecule is Cc1nccc(NC2CCC(N)C2)n1. The number of hydrogen-bond acceptors (Lipinski definition) is 4. The highest BCUT2D eigenvalue weighted by Crippen LogP contribution is 2.20. The number of nitrogens with zero attached hydrogens (tertiary/aromatic N) is 2. The van der Waals surface area contributed by atoms with Gasteiger partial charge in [0.1, 0.15) is 11.6 Å². The summed E-state index contributed by atoms with van der Waals surface area (Å²) in [5.74, 6) is 1.72. The van der Waals surface area contributed by atoms with E-state index in [1.807, 2.05) is 13.0 Å². The van der Waals surface area contributed by atoms with Crippen LogP contribution in [0.3, 0.4) is 0 Å². The van der Waals surface area contributed by atoms with Crippen molar-refractivity contribution in [3.05, 3.63) is 18.1 Å². The summed E-state index contributed by atoms with van der Waals surface area (Å²) in [6.07, 6.45) is 5.08. The van der Waals surface area contributed by atoms with Crippen LogP contribution in [0, 0.1) is 6.92 Å². The van der Waals surface area contributed by atoms with Crippen LogP contribution in [0.25, 0.3) is 0 Å². The summed E-state index contributed by atoms with van der Waals surface area (Å²) >= 11 is 0. The summed E-state index contributed by atoms with van der Waals surface area (Å²) in [5.41, 5.74) is 5.84. The Bertz CT molecular complexity index is 313. The number of anilines is 1. The van der Waals surface area contributed by atoms with Gasteiger partial charge in [-0.1, -0.05) is 0 Å². The standard InChI is InChI=1S/C10H16N4/c1-7-12-5-4-10(13-7)14-9-3-2-8(11)6-9/h4-5,8-9H,2-3,6,11H2,1H3,(H,12,13,14). The maximum atomic E-state index is 5.84. The number of rotatable bonds is 2. The van der Waals surface area contributed by atoms with Crippen LogP contribution >= 0.6 is 0 Å². The fourth-order valence-corrected chi connectivity index (χ4v) is 1.89. The lowest BCUT2D eigenvalue weighted by Gasteiger charge is -2.12. The molecule has 1 aromatic heterocycles. The second kappa shape index (κ2) is 3.92. The van der Waals surface area contributed by atoms with Gasteiger partial charge in [-0.05, 0) is 32.3 Å². The van der Waals surface area contributed by atoms with Crippen molar-refractivity contribution in [1.29, 1.82) is 0 Å². The van der Waals surface area contributed by atoms with Crippen LogP contribution < -0.4 is 11.1 Å². The number of aryl methyl sites for hydroxylation is 1. The zero-order valence-electron chi connectivity index (χ0n) is 8.40. The van der Waals surface area contributed by atoms with E-state index in [4.69, 9.17) is 5.73 Å². The smallest absolute Gasteiger partial charge is 0.129 e. The highest BCUT2D eigenvalue weighted by atomic mass is 15.0. The molecule has 14 heavy (non-hydrogen) atoms. The third kappa shape index (κ3) is 2.20. The predicted octanol–water partition coefficient (Wildman–Crippen LogP) is 1.08. The first-order valence-electron chi connectivity index (χ1n) is 5.06. The van der Waals surface area contributed by atoms with E-state index >= 15 is 0 Å². The van der Waals surface area contributed by atoms with Gasteiger partial charge in [0.05, 0.1) is 0 Å². The minimum atomic E-state index is 0.357. The Labute approximate surface area is 83.9 Å². The van der Waals surface area contributed by atoms with E-state index < -0.39 is 0 Å². The molecule has 3 N–H and O–H groups in total. The summed E-state index contributed by atoms with van der Waals surface area (Å²) in [6.45, 7) is 1.89. The molecule has 0 amide bonds. The third-order valence-electron chi connectivity index (χ3n) is 2.60. The average molecular weight is 192 g/mol. The van der Waals surface area contributed by atoms with E-state index in [1.54, 1.807) is 6.20 Å². The van der Waals surface area contributed by atoms with E-state index in [-0.39, 0.29) is 0 Å². The van der Waals surface area contributed by atoms with Gasteiger partial charge in [0, 0.05) is 18.3 Å². The fourth-order valence-electron chi connectivity index (χ4n) is 1.89. The van der Waals surface area contributed by atoms with Gasteiger partial charge in [0.2, 0.25) is 0 Å².